The summed E-state index contributed by atoms with van der Waals surface area (Å²) in [5, 5.41) is 11.4. The van der Waals surface area contributed by atoms with Gasteiger partial charge >= 0.3 is 0 Å². The Labute approximate surface area is 120 Å². The number of halogens is 1. The fourth-order valence-electron chi connectivity index (χ4n) is 1.97. The molecule has 0 saturated heterocycles. The molecule has 3 aromatic rings. The summed E-state index contributed by atoms with van der Waals surface area (Å²) in [4.78, 5) is 12.6. The summed E-state index contributed by atoms with van der Waals surface area (Å²) in [5.41, 5.74) is 1.98. The predicted octanol–water partition coefficient (Wildman–Crippen LogP) is 3.14. The number of hydrogen-bond acceptors (Lipinski definition) is 4. The predicted molar refractivity (Wildman–Crippen MR) is 76.3 cm³/mol. The average molecular weight is 281 g/mol. The van der Waals surface area contributed by atoms with Gasteiger partial charge in [-0.2, -0.15) is 5.26 Å². The van der Waals surface area contributed by atoms with Crippen molar-refractivity contribution in [2.75, 3.05) is 0 Å². The number of nitriles is 1. The summed E-state index contributed by atoms with van der Waals surface area (Å²) in [5.74, 6) is 0. The Bertz CT molecular complexity index is 806. The van der Waals surface area contributed by atoms with E-state index in [0.29, 0.717) is 17.1 Å². The summed E-state index contributed by atoms with van der Waals surface area (Å²) in [6, 6.07) is 9.69. The first-order chi connectivity index (χ1) is 9.76. The van der Waals surface area contributed by atoms with Crippen LogP contribution in [-0.2, 0) is 6.42 Å². The lowest BCUT2D eigenvalue weighted by Crippen LogP contribution is -1.97. The fraction of sp³-hybridized carbons (Fsp3) is 0.0667. The smallest absolute Gasteiger partial charge is 0.158 e. The standard InChI is InChI=1S/C15H9ClN4/c16-15-3-1-2-10-4-11(20-9-14(10)15)5-12-7-19-13(6-17)8-18-12/h1-4,7-9H,5H2. The lowest BCUT2D eigenvalue weighted by molar-refractivity contribution is 0.984. The first-order valence-corrected chi connectivity index (χ1v) is 6.38. The minimum atomic E-state index is 0.312. The molecule has 0 N–H and O–H groups in total. The van der Waals surface area contributed by atoms with E-state index in [0.717, 1.165) is 22.2 Å². The third-order valence-electron chi connectivity index (χ3n) is 2.95. The quantitative estimate of drug-likeness (QED) is 0.723. The second-order valence-corrected chi connectivity index (χ2v) is 4.73. The average Bonchev–Trinajstić information content (AvgIpc) is 2.48. The van der Waals surface area contributed by atoms with Crippen LogP contribution < -0.4 is 0 Å². The molecule has 20 heavy (non-hydrogen) atoms. The minimum Gasteiger partial charge on any atom is -0.260 e. The first kappa shape index (κ1) is 12.5. The van der Waals surface area contributed by atoms with Crippen LogP contribution in [0.4, 0.5) is 0 Å². The highest BCUT2D eigenvalue weighted by Crippen LogP contribution is 2.23. The van der Waals surface area contributed by atoms with Gasteiger partial charge in [-0.05, 0) is 17.5 Å². The van der Waals surface area contributed by atoms with Gasteiger partial charge in [0.05, 0.1) is 18.1 Å². The van der Waals surface area contributed by atoms with E-state index in [1.165, 1.54) is 6.20 Å². The summed E-state index contributed by atoms with van der Waals surface area (Å²) in [6.45, 7) is 0. The molecule has 0 unspecified atom stereocenters. The van der Waals surface area contributed by atoms with Gasteiger partial charge in [0.1, 0.15) is 6.07 Å². The molecule has 5 heteroatoms. The molecule has 0 aliphatic rings. The second-order valence-electron chi connectivity index (χ2n) is 4.32. The Hall–Kier alpha value is -2.51. The molecule has 3 rings (SSSR count). The van der Waals surface area contributed by atoms with Crippen molar-refractivity contribution in [1.29, 1.82) is 5.26 Å². The Kier molecular flexibility index (Phi) is 3.28. The zero-order chi connectivity index (χ0) is 13.9. The van der Waals surface area contributed by atoms with Crippen LogP contribution in [0.1, 0.15) is 17.1 Å². The Morgan fingerprint density at radius 3 is 2.65 bits per heavy atom. The van der Waals surface area contributed by atoms with E-state index in [4.69, 9.17) is 16.9 Å². The van der Waals surface area contributed by atoms with Crippen molar-refractivity contribution >= 4 is 22.4 Å². The maximum atomic E-state index is 8.69. The molecule has 2 heterocycles. The van der Waals surface area contributed by atoms with Crippen molar-refractivity contribution in [1.82, 2.24) is 15.0 Å². The normalized spacial score (nSPS) is 10.4. The number of pyridine rings is 1. The van der Waals surface area contributed by atoms with Gasteiger partial charge in [0.2, 0.25) is 0 Å². The first-order valence-electron chi connectivity index (χ1n) is 6.00. The van der Waals surface area contributed by atoms with Crippen LogP contribution in [0.2, 0.25) is 5.02 Å². The monoisotopic (exact) mass is 280 g/mol. The molecule has 0 spiro atoms. The molecule has 1 aromatic carbocycles. The Morgan fingerprint density at radius 1 is 1.05 bits per heavy atom. The van der Waals surface area contributed by atoms with Crippen LogP contribution in [0.15, 0.2) is 42.9 Å². The molecule has 4 nitrogen and oxygen atoms in total. The molecule has 0 atom stereocenters. The van der Waals surface area contributed by atoms with E-state index >= 15 is 0 Å². The van der Waals surface area contributed by atoms with Crippen LogP contribution in [0, 0.1) is 11.3 Å². The number of fused-ring (bicyclic) bond motifs is 1. The van der Waals surface area contributed by atoms with Crippen LogP contribution in [0.3, 0.4) is 0 Å². The number of rotatable bonds is 2. The van der Waals surface area contributed by atoms with E-state index in [2.05, 4.69) is 15.0 Å². The van der Waals surface area contributed by atoms with Gasteiger partial charge in [0, 0.05) is 28.7 Å². The summed E-state index contributed by atoms with van der Waals surface area (Å²) in [7, 11) is 0. The van der Waals surface area contributed by atoms with Crippen molar-refractivity contribution in [3.63, 3.8) is 0 Å². The van der Waals surface area contributed by atoms with Gasteiger partial charge in [-0.1, -0.05) is 23.7 Å². The third-order valence-corrected chi connectivity index (χ3v) is 3.28. The van der Waals surface area contributed by atoms with Crippen LogP contribution in [-0.4, -0.2) is 15.0 Å². The second kappa shape index (κ2) is 5.24. The lowest BCUT2D eigenvalue weighted by atomic mass is 10.1. The van der Waals surface area contributed by atoms with Gasteiger partial charge in [-0.25, -0.2) is 4.98 Å². The molecule has 0 saturated carbocycles. The van der Waals surface area contributed by atoms with Gasteiger partial charge < -0.3 is 0 Å². The molecule has 0 radical (unpaired) electrons. The topological polar surface area (TPSA) is 62.5 Å². The van der Waals surface area contributed by atoms with Crippen molar-refractivity contribution in [3.8, 4) is 6.07 Å². The van der Waals surface area contributed by atoms with E-state index in [-0.39, 0.29) is 0 Å². The maximum Gasteiger partial charge on any atom is 0.158 e. The van der Waals surface area contributed by atoms with Crippen molar-refractivity contribution < 1.29 is 0 Å². The molecule has 96 valence electrons. The number of nitrogens with zero attached hydrogens (tertiary/aromatic N) is 4. The zero-order valence-corrected chi connectivity index (χ0v) is 11.2. The fourth-order valence-corrected chi connectivity index (χ4v) is 2.20. The lowest BCUT2D eigenvalue weighted by Gasteiger charge is -2.04. The van der Waals surface area contributed by atoms with Gasteiger partial charge in [0.15, 0.2) is 5.69 Å². The van der Waals surface area contributed by atoms with Crippen molar-refractivity contribution in [2.45, 2.75) is 6.42 Å². The largest absolute Gasteiger partial charge is 0.260 e. The molecule has 2 aromatic heterocycles. The number of benzene rings is 1. The number of hydrogen-bond donors (Lipinski definition) is 0. The Morgan fingerprint density at radius 2 is 1.90 bits per heavy atom. The summed E-state index contributed by atoms with van der Waals surface area (Å²) in [6.07, 6.45) is 5.40. The van der Waals surface area contributed by atoms with Crippen LogP contribution in [0.5, 0.6) is 0 Å². The van der Waals surface area contributed by atoms with Gasteiger partial charge in [-0.15, -0.1) is 0 Å². The number of aromatic nitrogens is 3. The highest BCUT2D eigenvalue weighted by molar-refractivity contribution is 6.35. The van der Waals surface area contributed by atoms with Crippen LogP contribution in [0.25, 0.3) is 10.8 Å². The van der Waals surface area contributed by atoms with Gasteiger partial charge in [0.25, 0.3) is 0 Å². The zero-order valence-electron chi connectivity index (χ0n) is 10.4. The minimum absolute atomic E-state index is 0.312. The third kappa shape index (κ3) is 2.44. The molecule has 0 fully saturated rings. The maximum absolute atomic E-state index is 8.69. The Balaban J connectivity index is 1.92. The highest BCUT2D eigenvalue weighted by Gasteiger charge is 2.04. The molecule has 0 bridgehead atoms. The van der Waals surface area contributed by atoms with Crippen LogP contribution >= 0.6 is 11.6 Å². The van der Waals surface area contributed by atoms with Crippen molar-refractivity contribution in [2.24, 2.45) is 0 Å². The van der Waals surface area contributed by atoms with E-state index in [1.807, 2.05) is 30.3 Å². The van der Waals surface area contributed by atoms with Gasteiger partial charge in [-0.3, -0.25) is 9.97 Å². The van der Waals surface area contributed by atoms with E-state index in [9.17, 15) is 0 Å². The molecular formula is C15H9ClN4. The SMILES string of the molecule is N#Cc1cnc(Cc2cc3cccc(Cl)c3cn2)cn1. The molecule has 0 aliphatic carbocycles. The molecular weight excluding hydrogens is 272 g/mol. The molecule has 0 aliphatic heterocycles. The highest BCUT2D eigenvalue weighted by atomic mass is 35.5. The van der Waals surface area contributed by atoms with E-state index < -0.39 is 0 Å². The van der Waals surface area contributed by atoms with Crippen molar-refractivity contribution in [3.05, 3.63) is 65.0 Å². The summed E-state index contributed by atoms with van der Waals surface area (Å²) < 4.78 is 0. The molecule has 0 amide bonds. The van der Waals surface area contributed by atoms with E-state index in [1.54, 1.807) is 12.4 Å². The summed E-state index contributed by atoms with van der Waals surface area (Å²) >= 11 is 6.11.